The second-order valence-electron chi connectivity index (χ2n) is 3.31. The van der Waals surface area contributed by atoms with Crippen LogP contribution in [0.4, 0.5) is 5.69 Å². The Morgan fingerprint density at radius 2 is 2.31 bits per heavy atom. The van der Waals surface area contributed by atoms with Crippen molar-refractivity contribution in [2.75, 3.05) is 24.7 Å². The van der Waals surface area contributed by atoms with Crippen molar-refractivity contribution in [2.45, 2.75) is 17.9 Å². The number of hydrogen-bond acceptors (Lipinski definition) is 4. The van der Waals surface area contributed by atoms with Gasteiger partial charge in [-0.3, -0.25) is 0 Å². The SMILES string of the molecule is CCOCC(O)CSc1ccc(N)cc1Br. The molecule has 3 N–H and O–H groups in total. The number of hydrogen-bond donors (Lipinski definition) is 2. The third-order valence-corrected chi connectivity index (χ3v) is 4.04. The number of aliphatic hydroxyl groups is 1. The standard InChI is InChI=1S/C11H16BrNO2S/c1-2-15-6-9(14)7-16-11-4-3-8(13)5-10(11)12/h3-5,9,14H,2,6-7,13H2,1H3. The van der Waals surface area contributed by atoms with Crippen LogP contribution in [0.25, 0.3) is 0 Å². The second kappa shape index (κ2) is 7.17. The van der Waals surface area contributed by atoms with Gasteiger partial charge in [0.1, 0.15) is 0 Å². The van der Waals surface area contributed by atoms with E-state index in [1.165, 1.54) is 0 Å². The number of thioether (sulfide) groups is 1. The Balaban J connectivity index is 2.42. The maximum Gasteiger partial charge on any atom is 0.0867 e. The number of ether oxygens (including phenoxy) is 1. The van der Waals surface area contributed by atoms with Crippen LogP contribution in [0.5, 0.6) is 0 Å². The molecular weight excluding hydrogens is 290 g/mol. The van der Waals surface area contributed by atoms with Gasteiger partial charge in [-0.15, -0.1) is 11.8 Å². The molecule has 1 rings (SSSR count). The van der Waals surface area contributed by atoms with E-state index in [-0.39, 0.29) is 0 Å². The molecule has 0 aromatic heterocycles. The minimum absolute atomic E-state index is 0.385. The number of rotatable bonds is 6. The largest absolute Gasteiger partial charge is 0.399 e. The molecule has 0 saturated heterocycles. The number of aliphatic hydroxyl groups excluding tert-OH is 1. The predicted molar refractivity (Wildman–Crippen MR) is 71.8 cm³/mol. The maximum atomic E-state index is 9.60. The van der Waals surface area contributed by atoms with Crippen molar-refractivity contribution < 1.29 is 9.84 Å². The molecule has 1 aromatic rings. The lowest BCUT2D eigenvalue weighted by molar-refractivity contribution is 0.0551. The molecule has 1 atom stereocenters. The summed E-state index contributed by atoms with van der Waals surface area (Å²) in [6.45, 7) is 2.93. The molecule has 0 radical (unpaired) electrons. The lowest BCUT2D eigenvalue weighted by atomic mass is 10.3. The lowest BCUT2D eigenvalue weighted by Crippen LogP contribution is -2.17. The van der Waals surface area contributed by atoms with Gasteiger partial charge in [0.15, 0.2) is 0 Å². The Hall–Kier alpha value is -0.230. The summed E-state index contributed by atoms with van der Waals surface area (Å²) in [5.41, 5.74) is 6.37. The number of halogens is 1. The zero-order valence-corrected chi connectivity index (χ0v) is 11.6. The maximum absolute atomic E-state index is 9.60. The van der Waals surface area contributed by atoms with Gasteiger partial charge in [-0.25, -0.2) is 0 Å². The van der Waals surface area contributed by atoms with Gasteiger partial charge in [0.25, 0.3) is 0 Å². The van der Waals surface area contributed by atoms with Gasteiger partial charge in [0, 0.05) is 27.4 Å². The Kier molecular flexibility index (Phi) is 6.20. The van der Waals surface area contributed by atoms with Crippen LogP contribution < -0.4 is 5.73 Å². The number of nitrogen functional groups attached to an aromatic ring is 1. The summed E-state index contributed by atoms with van der Waals surface area (Å²) in [5.74, 6) is 0.614. The highest BCUT2D eigenvalue weighted by Crippen LogP contribution is 2.29. The molecule has 0 spiro atoms. The highest BCUT2D eigenvalue weighted by Gasteiger charge is 2.07. The predicted octanol–water partition coefficient (Wildman–Crippen LogP) is 2.52. The van der Waals surface area contributed by atoms with Crippen LogP contribution in [0.2, 0.25) is 0 Å². The summed E-state index contributed by atoms with van der Waals surface area (Å²) < 4.78 is 6.10. The van der Waals surface area contributed by atoms with Gasteiger partial charge in [-0.05, 0) is 41.1 Å². The Bertz CT molecular complexity index is 336. The first-order valence-corrected chi connectivity index (χ1v) is 6.85. The summed E-state index contributed by atoms with van der Waals surface area (Å²) >= 11 is 5.02. The monoisotopic (exact) mass is 305 g/mol. The Morgan fingerprint density at radius 1 is 1.56 bits per heavy atom. The van der Waals surface area contributed by atoms with Crippen LogP contribution in [-0.4, -0.2) is 30.2 Å². The van der Waals surface area contributed by atoms with Crippen LogP contribution >= 0.6 is 27.7 Å². The van der Waals surface area contributed by atoms with Crippen molar-refractivity contribution in [1.82, 2.24) is 0 Å². The molecule has 90 valence electrons. The molecule has 0 amide bonds. The smallest absolute Gasteiger partial charge is 0.0867 e. The fraction of sp³-hybridized carbons (Fsp3) is 0.455. The summed E-state index contributed by atoms with van der Waals surface area (Å²) in [6, 6.07) is 5.65. The zero-order valence-electron chi connectivity index (χ0n) is 9.15. The molecule has 0 heterocycles. The van der Waals surface area contributed by atoms with E-state index in [1.54, 1.807) is 11.8 Å². The van der Waals surface area contributed by atoms with Crippen LogP contribution in [0, 0.1) is 0 Å². The second-order valence-corrected chi connectivity index (χ2v) is 5.23. The summed E-state index contributed by atoms with van der Waals surface area (Å²) in [4.78, 5) is 1.07. The first-order chi connectivity index (χ1) is 7.63. The molecule has 0 bridgehead atoms. The molecule has 3 nitrogen and oxygen atoms in total. The molecule has 0 aliphatic carbocycles. The van der Waals surface area contributed by atoms with Gasteiger partial charge in [0.2, 0.25) is 0 Å². The minimum Gasteiger partial charge on any atom is -0.399 e. The fourth-order valence-electron chi connectivity index (χ4n) is 1.12. The minimum atomic E-state index is -0.436. The molecule has 0 saturated carbocycles. The van der Waals surface area contributed by atoms with Crippen LogP contribution in [0.15, 0.2) is 27.6 Å². The van der Waals surface area contributed by atoms with E-state index >= 15 is 0 Å². The first kappa shape index (κ1) is 13.8. The molecule has 1 aromatic carbocycles. The Labute approximate surface area is 108 Å². The summed E-state index contributed by atoms with van der Waals surface area (Å²) in [7, 11) is 0. The van der Waals surface area contributed by atoms with Gasteiger partial charge >= 0.3 is 0 Å². The average Bonchev–Trinajstić information content (AvgIpc) is 2.25. The van der Waals surface area contributed by atoms with Crippen molar-refractivity contribution in [3.05, 3.63) is 22.7 Å². The number of nitrogens with two attached hydrogens (primary N) is 1. The van der Waals surface area contributed by atoms with Crippen LogP contribution in [0.3, 0.4) is 0 Å². The molecule has 0 fully saturated rings. The lowest BCUT2D eigenvalue weighted by Gasteiger charge is -2.11. The van der Waals surface area contributed by atoms with E-state index in [1.807, 2.05) is 25.1 Å². The molecule has 0 aliphatic rings. The van der Waals surface area contributed by atoms with E-state index in [0.29, 0.717) is 19.0 Å². The molecule has 1 unspecified atom stereocenters. The van der Waals surface area contributed by atoms with Crippen LogP contribution in [0.1, 0.15) is 6.92 Å². The highest BCUT2D eigenvalue weighted by molar-refractivity contribution is 9.10. The topological polar surface area (TPSA) is 55.5 Å². The van der Waals surface area contributed by atoms with Gasteiger partial charge in [-0.1, -0.05) is 0 Å². The van der Waals surface area contributed by atoms with Gasteiger partial charge in [0.05, 0.1) is 12.7 Å². The van der Waals surface area contributed by atoms with Crippen molar-refractivity contribution in [1.29, 1.82) is 0 Å². The summed E-state index contributed by atoms with van der Waals surface area (Å²) in [5, 5.41) is 9.60. The summed E-state index contributed by atoms with van der Waals surface area (Å²) in [6.07, 6.45) is -0.436. The van der Waals surface area contributed by atoms with Gasteiger partial charge < -0.3 is 15.6 Å². The number of benzene rings is 1. The number of anilines is 1. The van der Waals surface area contributed by atoms with Crippen molar-refractivity contribution in [3.8, 4) is 0 Å². The van der Waals surface area contributed by atoms with Crippen molar-refractivity contribution >= 4 is 33.4 Å². The van der Waals surface area contributed by atoms with Crippen LogP contribution in [-0.2, 0) is 4.74 Å². The van der Waals surface area contributed by atoms with E-state index < -0.39 is 6.10 Å². The van der Waals surface area contributed by atoms with E-state index in [4.69, 9.17) is 10.5 Å². The molecule has 0 aliphatic heterocycles. The quantitative estimate of drug-likeness (QED) is 0.626. The first-order valence-electron chi connectivity index (χ1n) is 5.07. The van der Waals surface area contributed by atoms with Crippen molar-refractivity contribution in [2.24, 2.45) is 0 Å². The average molecular weight is 306 g/mol. The van der Waals surface area contributed by atoms with E-state index in [9.17, 15) is 5.11 Å². The van der Waals surface area contributed by atoms with E-state index in [0.717, 1.165) is 15.1 Å². The van der Waals surface area contributed by atoms with Gasteiger partial charge in [-0.2, -0.15) is 0 Å². The molecular formula is C11H16BrNO2S. The fourth-order valence-corrected chi connectivity index (χ4v) is 2.69. The third kappa shape index (κ3) is 4.74. The Morgan fingerprint density at radius 3 is 2.94 bits per heavy atom. The zero-order chi connectivity index (χ0) is 12.0. The third-order valence-electron chi connectivity index (χ3n) is 1.90. The van der Waals surface area contributed by atoms with E-state index in [2.05, 4.69) is 15.9 Å². The molecule has 16 heavy (non-hydrogen) atoms. The normalized spacial score (nSPS) is 12.7. The highest BCUT2D eigenvalue weighted by atomic mass is 79.9. The molecule has 5 heteroatoms. The van der Waals surface area contributed by atoms with Crippen molar-refractivity contribution in [3.63, 3.8) is 0 Å².